The summed E-state index contributed by atoms with van der Waals surface area (Å²) in [6.07, 6.45) is 18.2. The van der Waals surface area contributed by atoms with Crippen molar-refractivity contribution in [1.29, 1.82) is 0 Å². The van der Waals surface area contributed by atoms with Gasteiger partial charge in [-0.15, -0.1) is 0 Å². The van der Waals surface area contributed by atoms with Crippen LogP contribution in [0.4, 0.5) is 5.69 Å². The fraction of sp³-hybridized carbons (Fsp3) is 0.658. The van der Waals surface area contributed by atoms with Crippen molar-refractivity contribution in [2.24, 2.45) is 4.99 Å². The number of nitrogens with zero attached hydrogens (tertiary/aromatic N) is 4. The Morgan fingerprint density at radius 3 is 1.88 bits per heavy atom. The fourth-order valence-electron chi connectivity index (χ4n) is 5.79. The predicted octanol–water partition coefficient (Wildman–Crippen LogP) is 8.06. The largest absolute Gasteiger partial charge is 0.451 e. The molecule has 2 heterocycles. The normalized spacial score (nSPS) is 14.5. The second-order valence-electron chi connectivity index (χ2n) is 13.2. The third-order valence-electron chi connectivity index (χ3n) is 8.82. The van der Waals surface area contributed by atoms with Crippen LogP contribution in [0.2, 0.25) is 0 Å². The molecule has 3 atom stereocenters. The number of fused-ring (bicyclic) bond motifs is 1. The van der Waals surface area contributed by atoms with E-state index in [0.29, 0.717) is 46.7 Å². The Labute approximate surface area is 311 Å². The lowest BCUT2D eigenvalue weighted by Crippen LogP contribution is -2.45. The molecule has 3 rings (SSSR count). The average molecular weight is 775 g/mol. The first-order valence-electron chi connectivity index (χ1n) is 18.7. The lowest BCUT2D eigenvalue weighted by atomic mass is 10.0. The van der Waals surface area contributed by atoms with Gasteiger partial charge in [0.25, 0.3) is 5.91 Å². The van der Waals surface area contributed by atoms with Crippen molar-refractivity contribution in [3.63, 3.8) is 0 Å². The zero-order chi connectivity index (χ0) is 37.0. The highest BCUT2D eigenvalue weighted by Crippen LogP contribution is 2.29. The number of hydrogen-bond donors (Lipinski definition) is 1. The second-order valence-corrected chi connectivity index (χ2v) is 14.0. The lowest BCUT2D eigenvalue weighted by Gasteiger charge is -2.24. The molecule has 0 spiro atoms. The van der Waals surface area contributed by atoms with Gasteiger partial charge in [0.15, 0.2) is 18.3 Å². The number of rotatable bonds is 23. The van der Waals surface area contributed by atoms with Crippen LogP contribution in [0.15, 0.2) is 34.0 Å². The molecule has 12 nitrogen and oxygen atoms in total. The number of carbonyl (C=O) groups excluding carboxylic acids is 4. The van der Waals surface area contributed by atoms with Gasteiger partial charge in [0.1, 0.15) is 5.52 Å². The van der Waals surface area contributed by atoms with Crippen molar-refractivity contribution in [2.45, 2.75) is 149 Å². The summed E-state index contributed by atoms with van der Waals surface area (Å²) in [5.41, 5.74) is 1.99. The number of benzene rings is 1. The molecule has 0 bridgehead atoms. The van der Waals surface area contributed by atoms with Gasteiger partial charge in [-0.25, -0.2) is 9.59 Å². The summed E-state index contributed by atoms with van der Waals surface area (Å²) in [5, 5.41) is 3.14. The zero-order valence-corrected chi connectivity index (χ0v) is 32.4. The topological polar surface area (TPSA) is 149 Å². The van der Waals surface area contributed by atoms with Crippen LogP contribution in [0.5, 0.6) is 0 Å². The van der Waals surface area contributed by atoms with E-state index in [-0.39, 0.29) is 6.42 Å². The number of amides is 1. The van der Waals surface area contributed by atoms with Gasteiger partial charge in [0, 0.05) is 25.4 Å². The smallest absolute Gasteiger partial charge is 0.347 e. The Bertz CT molecular complexity index is 1450. The molecule has 1 aromatic carbocycles. The molecule has 1 aromatic heterocycles. The summed E-state index contributed by atoms with van der Waals surface area (Å²) in [4.78, 5) is 65.2. The number of esters is 3. The standard InChI is InChI=1S/C38H56BrN5O7/c1-5-6-7-8-9-10-11-12-13-14-15-16-17-18-19-20-32(45)49-28(3)36(47)51-29(4)37(48)50-27(2)35(46)44-26-25-42-38(44)43-30-21-22-31-34(33(30)39)41-24-23-40-31/h21-24,27-29H,5-20,25-26H2,1-4H3,(H,42,43). The van der Waals surface area contributed by atoms with E-state index in [1.165, 1.54) is 96.3 Å². The Morgan fingerprint density at radius 1 is 0.745 bits per heavy atom. The van der Waals surface area contributed by atoms with Crippen LogP contribution in [-0.2, 0) is 33.4 Å². The first kappa shape index (κ1) is 41.8. The molecule has 3 unspecified atom stereocenters. The number of nitrogens with one attached hydrogen (secondary N) is 1. The van der Waals surface area contributed by atoms with E-state index >= 15 is 0 Å². The van der Waals surface area contributed by atoms with Crippen LogP contribution >= 0.6 is 15.9 Å². The first-order valence-corrected chi connectivity index (χ1v) is 19.5. The molecule has 1 aliphatic heterocycles. The van der Waals surface area contributed by atoms with Crippen molar-refractivity contribution < 1.29 is 33.4 Å². The predicted molar refractivity (Wildman–Crippen MR) is 201 cm³/mol. The molecule has 0 saturated carbocycles. The van der Waals surface area contributed by atoms with E-state index in [9.17, 15) is 19.2 Å². The molecule has 0 saturated heterocycles. The summed E-state index contributed by atoms with van der Waals surface area (Å²) < 4.78 is 16.4. The van der Waals surface area contributed by atoms with Crippen LogP contribution in [0.25, 0.3) is 11.0 Å². The molecule has 0 aliphatic carbocycles. The van der Waals surface area contributed by atoms with Gasteiger partial charge in [-0.1, -0.05) is 96.8 Å². The minimum absolute atomic E-state index is 0.218. The number of anilines is 1. The van der Waals surface area contributed by atoms with E-state index < -0.39 is 42.1 Å². The van der Waals surface area contributed by atoms with Crippen LogP contribution < -0.4 is 5.32 Å². The van der Waals surface area contributed by atoms with Gasteiger partial charge < -0.3 is 19.5 Å². The highest BCUT2D eigenvalue weighted by atomic mass is 79.9. The molecule has 2 aromatic rings. The van der Waals surface area contributed by atoms with Crippen LogP contribution in [0.1, 0.15) is 130 Å². The highest BCUT2D eigenvalue weighted by Gasteiger charge is 2.33. The lowest BCUT2D eigenvalue weighted by molar-refractivity contribution is -0.179. The van der Waals surface area contributed by atoms with Crippen molar-refractivity contribution >= 4 is 62.4 Å². The molecular weight excluding hydrogens is 718 g/mol. The summed E-state index contributed by atoms with van der Waals surface area (Å²) in [6.45, 7) is 7.09. The number of guanidine groups is 1. The Morgan fingerprint density at radius 2 is 1.27 bits per heavy atom. The van der Waals surface area contributed by atoms with Crippen molar-refractivity contribution in [3.05, 3.63) is 29.0 Å². The number of hydrogen-bond acceptors (Lipinski definition) is 11. The molecule has 0 radical (unpaired) electrons. The van der Waals surface area contributed by atoms with Crippen molar-refractivity contribution in [2.75, 3.05) is 18.4 Å². The molecule has 1 N–H and O–H groups in total. The maximum absolute atomic E-state index is 13.2. The monoisotopic (exact) mass is 773 g/mol. The quantitative estimate of drug-likeness (QED) is 0.0668. The third-order valence-corrected chi connectivity index (χ3v) is 9.63. The molecule has 1 amide bonds. The van der Waals surface area contributed by atoms with E-state index in [2.05, 4.69) is 43.1 Å². The van der Waals surface area contributed by atoms with Gasteiger partial charge >= 0.3 is 17.9 Å². The molecule has 282 valence electrons. The molecule has 51 heavy (non-hydrogen) atoms. The van der Waals surface area contributed by atoms with Crippen LogP contribution in [0, 0.1) is 0 Å². The third kappa shape index (κ3) is 14.5. The Kier molecular flexibility index (Phi) is 18.9. The minimum atomic E-state index is -1.32. The number of aliphatic imine (C=N–C) groups is 1. The van der Waals surface area contributed by atoms with E-state index in [0.717, 1.165) is 19.3 Å². The minimum Gasteiger partial charge on any atom is -0.451 e. The van der Waals surface area contributed by atoms with Crippen LogP contribution in [-0.4, -0.2) is 76.0 Å². The van der Waals surface area contributed by atoms with Crippen LogP contribution in [0.3, 0.4) is 0 Å². The van der Waals surface area contributed by atoms with Gasteiger partial charge in [0.05, 0.1) is 22.2 Å². The highest BCUT2D eigenvalue weighted by molar-refractivity contribution is 9.10. The Balaban J connectivity index is 1.28. The SMILES string of the molecule is CCCCCCCCCCCCCCCCCC(=O)OC(C)C(=O)OC(C)C(=O)OC(C)C(=O)N1CCN=C1Nc1ccc2nccnc2c1Br. The molecule has 1 aliphatic rings. The second kappa shape index (κ2) is 23.1. The number of carbonyl (C=O) groups is 4. The van der Waals surface area contributed by atoms with Crippen molar-refractivity contribution in [3.8, 4) is 0 Å². The maximum atomic E-state index is 13.2. The summed E-state index contributed by atoms with van der Waals surface area (Å²) in [5.74, 6) is -2.45. The number of halogens is 1. The van der Waals surface area contributed by atoms with Gasteiger partial charge in [0.2, 0.25) is 5.96 Å². The fourth-order valence-corrected chi connectivity index (χ4v) is 6.33. The first-order chi connectivity index (χ1) is 24.6. The molecular formula is C38H56BrN5O7. The van der Waals surface area contributed by atoms with E-state index in [1.807, 2.05) is 0 Å². The maximum Gasteiger partial charge on any atom is 0.347 e. The number of unbranched alkanes of at least 4 members (excludes halogenated alkanes) is 14. The molecule has 0 fully saturated rings. The number of aromatic nitrogens is 2. The average Bonchev–Trinajstić information content (AvgIpc) is 3.58. The van der Waals surface area contributed by atoms with E-state index in [4.69, 9.17) is 14.2 Å². The summed E-state index contributed by atoms with van der Waals surface area (Å²) >= 11 is 3.54. The van der Waals surface area contributed by atoms with Gasteiger partial charge in [-0.3, -0.25) is 29.4 Å². The van der Waals surface area contributed by atoms with Gasteiger partial charge in [-0.2, -0.15) is 0 Å². The number of ether oxygens (including phenoxy) is 3. The summed E-state index contributed by atoms with van der Waals surface area (Å²) in [6, 6.07) is 3.59. The Hall–Kier alpha value is -3.61. The zero-order valence-electron chi connectivity index (χ0n) is 30.8. The van der Waals surface area contributed by atoms with E-state index in [1.54, 1.807) is 24.5 Å². The molecule has 13 heteroatoms. The summed E-state index contributed by atoms with van der Waals surface area (Å²) in [7, 11) is 0. The van der Waals surface area contributed by atoms with Crippen molar-refractivity contribution in [1.82, 2.24) is 14.9 Å². The van der Waals surface area contributed by atoms with Gasteiger partial charge in [-0.05, 0) is 55.3 Å².